The van der Waals surface area contributed by atoms with Crippen LogP contribution in [-0.2, 0) is 0 Å². The molecule has 0 spiro atoms. The van der Waals surface area contributed by atoms with Crippen LogP contribution in [0.3, 0.4) is 0 Å². The molecule has 0 fully saturated rings. The Balaban J connectivity index is 1.18. The summed E-state index contributed by atoms with van der Waals surface area (Å²) in [6.07, 6.45) is 0. The Morgan fingerprint density at radius 3 is 1.81 bits per heavy atom. The number of anilines is 3. The first-order chi connectivity index (χ1) is 26.3. The zero-order valence-electron chi connectivity index (χ0n) is 28.9. The minimum absolute atomic E-state index is 1.13. The van der Waals surface area contributed by atoms with Crippen molar-refractivity contribution in [2.75, 3.05) is 4.90 Å². The second kappa shape index (κ2) is 11.9. The van der Waals surface area contributed by atoms with Crippen LogP contribution in [-0.4, -0.2) is 12.3 Å². The van der Waals surface area contributed by atoms with Crippen LogP contribution in [0.1, 0.15) is 0 Å². The van der Waals surface area contributed by atoms with Crippen molar-refractivity contribution in [3.8, 4) is 33.4 Å². The van der Waals surface area contributed by atoms with Gasteiger partial charge in [-0.15, -0.1) is 0 Å². The molecule has 3 heteroatoms. The zero-order valence-corrected chi connectivity index (χ0v) is 28.9. The average Bonchev–Trinajstić information content (AvgIpc) is 3.59. The number of para-hydroxylation sites is 1. The van der Waals surface area contributed by atoms with Gasteiger partial charge >= 0.3 is 0 Å². The summed E-state index contributed by atoms with van der Waals surface area (Å²) >= 11 is 0. The summed E-state index contributed by atoms with van der Waals surface area (Å²) in [5, 5.41) is 7.42. The Hall–Kier alpha value is -6.84. The molecule has 0 saturated carbocycles. The van der Waals surface area contributed by atoms with Crippen LogP contribution < -0.4 is 15.8 Å². The van der Waals surface area contributed by atoms with Crippen LogP contribution in [0.25, 0.3) is 76.7 Å². The lowest BCUT2D eigenvalue weighted by Gasteiger charge is -2.36. The van der Waals surface area contributed by atoms with E-state index in [1.165, 1.54) is 88.0 Å². The molecule has 1 aromatic heterocycles. The largest absolute Gasteiger partial charge is 0.354 e. The third kappa shape index (κ3) is 4.82. The number of nitrogens with one attached hydrogen (secondary N) is 1. The van der Waals surface area contributed by atoms with Gasteiger partial charge in [-0.3, -0.25) is 0 Å². The second-order valence-corrected chi connectivity index (χ2v) is 14.0. The van der Waals surface area contributed by atoms with Gasteiger partial charge < -0.3 is 9.88 Å². The molecule has 1 N–H and O–H groups in total. The number of aromatic amines is 1. The Bertz CT molecular complexity index is 3020. The van der Waals surface area contributed by atoms with Crippen LogP contribution >= 0.6 is 0 Å². The van der Waals surface area contributed by atoms with Crippen molar-refractivity contribution in [3.05, 3.63) is 188 Å². The van der Waals surface area contributed by atoms with Crippen molar-refractivity contribution in [2.24, 2.45) is 0 Å². The van der Waals surface area contributed by atoms with Gasteiger partial charge in [0.1, 0.15) is 0 Å². The van der Waals surface area contributed by atoms with Crippen molar-refractivity contribution in [2.45, 2.75) is 0 Å². The first kappa shape index (κ1) is 29.9. The highest BCUT2D eigenvalue weighted by Gasteiger charge is 2.30. The van der Waals surface area contributed by atoms with E-state index in [1.807, 2.05) is 0 Å². The van der Waals surface area contributed by atoms with E-state index < -0.39 is 0 Å². The molecule has 0 bridgehead atoms. The third-order valence-electron chi connectivity index (χ3n) is 11.0. The lowest BCUT2D eigenvalue weighted by Crippen LogP contribution is -2.41. The zero-order chi connectivity index (χ0) is 34.9. The number of benzene rings is 9. The Morgan fingerprint density at radius 1 is 0.415 bits per heavy atom. The SMILES string of the molecule is [B]1c2cc(-c3ccccc3)ccc2N(c2ccc(-c3ccccc3)cc2)c2cc3ccccc3c(-c3cccc4c3[nH]c3cc5ccccc5cc34)c21. The Kier molecular flexibility index (Phi) is 6.68. The van der Waals surface area contributed by atoms with Gasteiger partial charge in [0.25, 0.3) is 0 Å². The number of H-pyrrole nitrogens is 1. The minimum Gasteiger partial charge on any atom is -0.354 e. The minimum atomic E-state index is 1.13. The van der Waals surface area contributed by atoms with E-state index in [0.29, 0.717) is 0 Å². The lowest BCUT2D eigenvalue weighted by molar-refractivity contribution is 1.30. The van der Waals surface area contributed by atoms with Crippen LogP contribution in [0, 0.1) is 0 Å². The monoisotopic (exact) mass is 671 g/mol. The van der Waals surface area contributed by atoms with Crippen molar-refractivity contribution in [3.63, 3.8) is 0 Å². The summed E-state index contributed by atoms with van der Waals surface area (Å²) in [5.74, 6) is 0. The van der Waals surface area contributed by atoms with Gasteiger partial charge in [0, 0.05) is 38.9 Å². The normalized spacial score (nSPS) is 12.3. The number of hydrogen-bond acceptors (Lipinski definition) is 1. The van der Waals surface area contributed by atoms with E-state index in [0.717, 1.165) is 16.7 Å². The fraction of sp³-hybridized carbons (Fsp3) is 0. The number of nitrogens with zero attached hydrogens (tertiary/aromatic N) is 1. The Morgan fingerprint density at radius 2 is 1.04 bits per heavy atom. The molecule has 1 aliphatic rings. The quantitative estimate of drug-likeness (QED) is 0.185. The van der Waals surface area contributed by atoms with Gasteiger partial charge in [-0.25, -0.2) is 0 Å². The van der Waals surface area contributed by atoms with Gasteiger partial charge in [0.05, 0.1) is 5.52 Å². The predicted molar refractivity (Wildman–Crippen MR) is 227 cm³/mol. The number of rotatable bonds is 4. The molecule has 0 aliphatic carbocycles. The number of fused-ring (bicyclic) bond motifs is 7. The van der Waals surface area contributed by atoms with Gasteiger partial charge in [-0.2, -0.15) is 0 Å². The summed E-state index contributed by atoms with van der Waals surface area (Å²) < 4.78 is 0. The van der Waals surface area contributed by atoms with E-state index in [-0.39, 0.29) is 0 Å². The molecule has 2 heterocycles. The first-order valence-electron chi connectivity index (χ1n) is 18.3. The van der Waals surface area contributed by atoms with Crippen LogP contribution in [0.15, 0.2) is 188 Å². The van der Waals surface area contributed by atoms with Gasteiger partial charge in [0.2, 0.25) is 0 Å². The van der Waals surface area contributed by atoms with Crippen LogP contribution in [0.2, 0.25) is 0 Å². The summed E-state index contributed by atoms with van der Waals surface area (Å²) in [4.78, 5) is 6.36. The lowest BCUT2D eigenvalue weighted by atomic mass is 9.57. The number of hydrogen-bond donors (Lipinski definition) is 1. The topological polar surface area (TPSA) is 19.0 Å². The molecule has 245 valence electrons. The van der Waals surface area contributed by atoms with E-state index in [2.05, 4.69) is 205 Å². The van der Waals surface area contributed by atoms with Crippen molar-refractivity contribution in [1.29, 1.82) is 0 Å². The van der Waals surface area contributed by atoms with Gasteiger partial charge in [-0.1, -0.05) is 157 Å². The molecular formula is C50H32BN2. The van der Waals surface area contributed by atoms with Crippen LogP contribution in [0.4, 0.5) is 17.1 Å². The fourth-order valence-electron chi connectivity index (χ4n) is 8.47. The average molecular weight is 672 g/mol. The highest BCUT2D eigenvalue weighted by Crippen LogP contribution is 2.43. The highest BCUT2D eigenvalue weighted by atomic mass is 15.1. The standard InChI is InChI=1S/C50H32BN2/c1-3-12-32(13-4-1)34-22-25-39(26-23-34)53-46-27-24-37(33-14-5-2-6-15-33)29-44(46)51-49-47(53)31-38-18-9-10-19-40(38)48(49)42-21-11-20-41-43-28-35-16-7-8-17-36(35)30-45(43)52-50(41)42/h1-31,52H. The summed E-state index contributed by atoms with van der Waals surface area (Å²) in [5.41, 5.74) is 15.5. The molecule has 0 unspecified atom stereocenters. The van der Waals surface area contributed by atoms with E-state index in [4.69, 9.17) is 0 Å². The first-order valence-corrected chi connectivity index (χ1v) is 18.3. The summed E-state index contributed by atoms with van der Waals surface area (Å²) in [6, 6.07) is 68.5. The molecule has 1 aliphatic heterocycles. The summed E-state index contributed by atoms with van der Waals surface area (Å²) in [6.45, 7) is 0. The van der Waals surface area contributed by atoms with Crippen LogP contribution in [0.5, 0.6) is 0 Å². The molecule has 53 heavy (non-hydrogen) atoms. The van der Waals surface area contributed by atoms with Gasteiger partial charge in [0.15, 0.2) is 7.28 Å². The van der Waals surface area contributed by atoms with Crippen molar-refractivity contribution >= 4 is 78.6 Å². The molecule has 9 aromatic carbocycles. The second-order valence-electron chi connectivity index (χ2n) is 14.0. The van der Waals surface area contributed by atoms with Gasteiger partial charge in [-0.05, 0) is 91.2 Å². The number of aromatic nitrogens is 1. The third-order valence-corrected chi connectivity index (χ3v) is 11.0. The maximum Gasteiger partial charge on any atom is 0.197 e. The van der Waals surface area contributed by atoms with Crippen molar-refractivity contribution < 1.29 is 0 Å². The molecule has 11 rings (SSSR count). The maximum absolute atomic E-state index is 3.90. The smallest absolute Gasteiger partial charge is 0.197 e. The van der Waals surface area contributed by atoms with Crippen molar-refractivity contribution in [1.82, 2.24) is 4.98 Å². The Labute approximate surface area is 308 Å². The predicted octanol–water partition coefficient (Wildman–Crippen LogP) is 12.1. The maximum atomic E-state index is 3.90. The van der Waals surface area contributed by atoms with E-state index in [9.17, 15) is 0 Å². The van der Waals surface area contributed by atoms with E-state index >= 15 is 0 Å². The molecule has 0 atom stereocenters. The molecule has 0 saturated heterocycles. The molecular weight excluding hydrogens is 639 g/mol. The molecule has 0 amide bonds. The molecule has 1 radical (unpaired) electrons. The summed E-state index contributed by atoms with van der Waals surface area (Å²) in [7, 11) is 2.42. The van der Waals surface area contributed by atoms with E-state index in [1.54, 1.807) is 0 Å². The highest BCUT2D eigenvalue weighted by molar-refractivity contribution is 6.74. The molecule has 2 nitrogen and oxygen atoms in total. The fourth-order valence-corrected chi connectivity index (χ4v) is 8.47. The molecule has 10 aromatic rings.